The Balaban J connectivity index is 1.96. The fourth-order valence-electron chi connectivity index (χ4n) is 2.82. The lowest BCUT2D eigenvalue weighted by Gasteiger charge is -2.30. The monoisotopic (exact) mass is 337 g/mol. The van der Waals surface area contributed by atoms with E-state index in [1.807, 2.05) is 12.1 Å². The van der Waals surface area contributed by atoms with Crippen LogP contribution in [0.3, 0.4) is 0 Å². The highest BCUT2D eigenvalue weighted by atomic mass is 16.5. The summed E-state index contributed by atoms with van der Waals surface area (Å²) in [6, 6.07) is 7.17. The summed E-state index contributed by atoms with van der Waals surface area (Å²) in [6.45, 7) is 2.94. The van der Waals surface area contributed by atoms with Gasteiger partial charge in [-0.25, -0.2) is 0 Å². The molecule has 1 aromatic rings. The van der Waals surface area contributed by atoms with Gasteiger partial charge in [-0.1, -0.05) is 6.07 Å². The van der Waals surface area contributed by atoms with Crippen LogP contribution in [-0.4, -0.2) is 59.2 Å². The van der Waals surface area contributed by atoms with E-state index in [-0.39, 0.29) is 11.9 Å². The third kappa shape index (κ3) is 5.78. The Hall–Kier alpha value is -1.63. The van der Waals surface area contributed by atoms with Crippen LogP contribution in [0.25, 0.3) is 0 Å². The van der Waals surface area contributed by atoms with Crippen LogP contribution >= 0.6 is 0 Å². The van der Waals surface area contributed by atoms with E-state index >= 15 is 0 Å². The summed E-state index contributed by atoms with van der Waals surface area (Å²) in [4.78, 5) is 12.6. The predicted octanol–water partition coefficient (Wildman–Crippen LogP) is 1.88. The molecule has 1 aromatic carbocycles. The Morgan fingerprint density at radius 3 is 2.75 bits per heavy atom. The number of methoxy groups -OCH3 is 2. The van der Waals surface area contributed by atoms with Crippen molar-refractivity contribution in [3.05, 3.63) is 29.8 Å². The van der Waals surface area contributed by atoms with Gasteiger partial charge < -0.3 is 24.3 Å². The summed E-state index contributed by atoms with van der Waals surface area (Å²) in [6.07, 6.45) is 1.88. The van der Waals surface area contributed by atoms with Gasteiger partial charge in [0.25, 0.3) is 5.91 Å². The van der Waals surface area contributed by atoms with Crippen LogP contribution < -0.4 is 10.1 Å². The highest BCUT2D eigenvalue weighted by molar-refractivity contribution is 5.94. The summed E-state index contributed by atoms with van der Waals surface area (Å²) in [5.41, 5.74) is 0.582. The van der Waals surface area contributed by atoms with Gasteiger partial charge >= 0.3 is 0 Å². The van der Waals surface area contributed by atoms with Crippen molar-refractivity contribution >= 4 is 5.91 Å². The maximum atomic E-state index is 12.6. The van der Waals surface area contributed by atoms with E-state index < -0.39 is 0 Å². The number of carbonyl (C=O) groups is 1. The Labute approximate surface area is 143 Å². The van der Waals surface area contributed by atoms with Crippen molar-refractivity contribution in [2.24, 2.45) is 5.92 Å². The average molecular weight is 337 g/mol. The summed E-state index contributed by atoms with van der Waals surface area (Å²) < 4.78 is 21.2. The molecule has 0 saturated carbocycles. The van der Waals surface area contributed by atoms with E-state index in [2.05, 4.69) is 5.32 Å². The van der Waals surface area contributed by atoms with Crippen molar-refractivity contribution in [2.75, 3.05) is 47.3 Å². The highest BCUT2D eigenvalue weighted by Crippen LogP contribution is 2.20. The first kappa shape index (κ1) is 18.7. The molecule has 1 aliphatic rings. The van der Waals surface area contributed by atoms with Crippen LogP contribution in [0.5, 0.6) is 5.75 Å². The van der Waals surface area contributed by atoms with Gasteiger partial charge in [-0.05, 0) is 37.0 Å². The fourth-order valence-corrected chi connectivity index (χ4v) is 2.82. The zero-order chi connectivity index (χ0) is 17.2. The molecule has 1 atom stereocenters. The predicted molar refractivity (Wildman–Crippen MR) is 90.5 cm³/mol. The smallest absolute Gasteiger partial charge is 0.251 e. The van der Waals surface area contributed by atoms with Gasteiger partial charge in [0.05, 0.1) is 19.3 Å². The molecular formula is C18H27NO5. The molecule has 6 nitrogen and oxygen atoms in total. The van der Waals surface area contributed by atoms with Crippen molar-refractivity contribution in [2.45, 2.75) is 18.9 Å². The maximum absolute atomic E-state index is 12.6. The average Bonchev–Trinajstić information content (AvgIpc) is 2.62. The van der Waals surface area contributed by atoms with E-state index in [0.717, 1.165) is 26.1 Å². The number of rotatable bonds is 9. The molecule has 0 aliphatic carbocycles. The third-order valence-corrected chi connectivity index (χ3v) is 4.15. The highest BCUT2D eigenvalue weighted by Gasteiger charge is 2.25. The number of ether oxygens (including phenoxy) is 4. The maximum Gasteiger partial charge on any atom is 0.251 e. The summed E-state index contributed by atoms with van der Waals surface area (Å²) in [5.74, 6) is 0.929. The van der Waals surface area contributed by atoms with Gasteiger partial charge in [-0.15, -0.1) is 0 Å². The molecule has 134 valence electrons. The van der Waals surface area contributed by atoms with Crippen LogP contribution in [0, 0.1) is 5.92 Å². The van der Waals surface area contributed by atoms with Crippen molar-refractivity contribution in [1.82, 2.24) is 5.32 Å². The summed E-state index contributed by atoms with van der Waals surface area (Å²) >= 11 is 0. The van der Waals surface area contributed by atoms with Gasteiger partial charge in [-0.3, -0.25) is 4.79 Å². The second kappa shape index (κ2) is 10.3. The van der Waals surface area contributed by atoms with E-state index in [1.54, 1.807) is 26.4 Å². The SMILES string of the molecule is COCCOc1cccc(C(=O)NC(COC)C2CCOCC2)c1. The quantitative estimate of drug-likeness (QED) is 0.697. The lowest BCUT2D eigenvalue weighted by molar-refractivity contribution is 0.0361. The number of carbonyl (C=O) groups excluding carboxylic acids is 1. The Morgan fingerprint density at radius 2 is 2.04 bits per heavy atom. The van der Waals surface area contributed by atoms with E-state index in [0.29, 0.717) is 37.1 Å². The minimum atomic E-state index is -0.110. The molecule has 6 heteroatoms. The first-order valence-electron chi connectivity index (χ1n) is 8.34. The lowest BCUT2D eigenvalue weighted by atomic mass is 9.92. The number of benzene rings is 1. The molecular weight excluding hydrogens is 310 g/mol. The summed E-state index contributed by atoms with van der Waals surface area (Å²) in [7, 11) is 3.28. The molecule has 0 aromatic heterocycles. The first-order chi connectivity index (χ1) is 11.7. The topological polar surface area (TPSA) is 66.0 Å². The van der Waals surface area contributed by atoms with Gasteiger partial charge in [-0.2, -0.15) is 0 Å². The molecule has 1 unspecified atom stereocenters. The second-order valence-corrected chi connectivity index (χ2v) is 5.85. The van der Waals surface area contributed by atoms with Crippen LogP contribution in [0.15, 0.2) is 24.3 Å². The normalized spacial score (nSPS) is 16.6. The molecule has 0 radical (unpaired) electrons. The largest absolute Gasteiger partial charge is 0.491 e. The van der Waals surface area contributed by atoms with E-state index in [4.69, 9.17) is 18.9 Å². The molecule has 1 saturated heterocycles. The van der Waals surface area contributed by atoms with Crippen LogP contribution in [0.4, 0.5) is 0 Å². The second-order valence-electron chi connectivity index (χ2n) is 5.85. The summed E-state index contributed by atoms with van der Waals surface area (Å²) in [5, 5.41) is 3.10. The fraction of sp³-hybridized carbons (Fsp3) is 0.611. The molecule has 1 amide bonds. The minimum Gasteiger partial charge on any atom is -0.491 e. The van der Waals surface area contributed by atoms with Crippen LogP contribution in [0.2, 0.25) is 0 Å². The Bertz CT molecular complexity index is 502. The lowest BCUT2D eigenvalue weighted by Crippen LogP contribution is -2.45. The number of amides is 1. The number of nitrogens with one attached hydrogen (secondary N) is 1. The van der Waals surface area contributed by atoms with Gasteiger partial charge in [0.15, 0.2) is 0 Å². The standard InChI is InChI=1S/C18H27NO5/c1-21-10-11-24-16-5-3-4-15(12-16)18(20)19-17(13-22-2)14-6-8-23-9-7-14/h3-5,12,14,17H,6-11,13H2,1-2H3,(H,19,20). The Morgan fingerprint density at radius 1 is 1.25 bits per heavy atom. The van der Waals surface area contributed by atoms with E-state index in [9.17, 15) is 4.79 Å². The number of hydrogen-bond donors (Lipinski definition) is 1. The molecule has 0 spiro atoms. The molecule has 1 heterocycles. The molecule has 1 fully saturated rings. The zero-order valence-electron chi connectivity index (χ0n) is 14.5. The third-order valence-electron chi connectivity index (χ3n) is 4.15. The molecule has 1 N–H and O–H groups in total. The van der Waals surface area contributed by atoms with Crippen molar-refractivity contribution in [3.8, 4) is 5.75 Å². The minimum absolute atomic E-state index is 0.00975. The van der Waals surface area contributed by atoms with Gasteiger partial charge in [0.1, 0.15) is 12.4 Å². The zero-order valence-corrected chi connectivity index (χ0v) is 14.5. The van der Waals surface area contributed by atoms with Gasteiger partial charge in [0.2, 0.25) is 0 Å². The van der Waals surface area contributed by atoms with Crippen molar-refractivity contribution < 1.29 is 23.7 Å². The Kier molecular flexibility index (Phi) is 8.01. The molecule has 24 heavy (non-hydrogen) atoms. The molecule has 1 aliphatic heterocycles. The number of hydrogen-bond acceptors (Lipinski definition) is 5. The van der Waals surface area contributed by atoms with Crippen LogP contribution in [0.1, 0.15) is 23.2 Å². The first-order valence-corrected chi connectivity index (χ1v) is 8.34. The van der Waals surface area contributed by atoms with E-state index in [1.165, 1.54) is 0 Å². The molecule has 2 rings (SSSR count). The van der Waals surface area contributed by atoms with Crippen LogP contribution in [-0.2, 0) is 14.2 Å². The van der Waals surface area contributed by atoms with Crippen molar-refractivity contribution in [1.29, 1.82) is 0 Å². The molecule has 0 bridgehead atoms. The van der Waals surface area contributed by atoms with Crippen molar-refractivity contribution in [3.63, 3.8) is 0 Å². The van der Waals surface area contributed by atoms with Gasteiger partial charge in [0, 0.05) is 33.0 Å².